The molecule has 0 aliphatic heterocycles. The topological polar surface area (TPSA) is 146 Å². The number of carbonyl (C=O) groups is 3. The zero-order valence-electron chi connectivity index (χ0n) is 24.8. The highest BCUT2D eigenvalue weighted by atomic mass is 35.5. The summed E-state index contributed by atoms with van der Waals surface area (Å²) in [6, 6.07) is 16.2. The fourth-order valence-electron chi connectivity index (χ4n) is 4.42. The first-order valence-corrected chi connectivity index (χ1v) is 14.7. The Morgan fingerprint density at radius 2 is 1.32 bits per heavy atom. The van der Waals surface area contributed by atoms with Gasteiger partial charge in [-0.15, -0.1) is 0 Å². The van der Waals surface area contributed by atoms with Crippen molar-refractivity contribution in [2.24, 2.45) is 5.92 Å². The molecule has 0 bridgehead atoms. The summed E-state index contributed by atoms with van der Waals surface area (Å²) in [5.74, 6) is -2.07. The van der Waals surface area contributed by atoms with Gasteiger partial charge in [0.15, 0.2) is 0 Å². The molecule has 0 saturated carbocycles. The van der Waals surface area contributed by atoms with Crippen LogP contribution in [0.2, 0.25) is 10.0 Å². The molecule has 0 aromatic heterocycles. The van der Waals surface area contributed by atoms with Crippen LogP contribution >= 0.6 is 23.2 Å². The Morgan fingerprint density at radius 3 is 1.82 bits per heavy atom. The lowest BCUT2D eigenvalue weighted by molar-refractivity contribution is -0.131. The highest BCUT2D eigenvalue weighted by Crippen LogP contribution is 2.21. The molecule has 0 radical (unpaired) electrons. The number of ether oxygens (including phenoxy) is 2. The molecule has 0 aliphatic carbocycles. The number of carbonyl (C=O) groups excluding carboxylic acids is 3. The first kappa shape index (κ1) is 34.7. The van der Waals surface area contributed by atoms with Gasteiger partial charge in [0.25, 0.3) is 5.91 Å². The van der Waals surface area contributed by atoms with Gasteiger partial charge in [0.05, 0.1) is 30.7 Å². The molecular weight excluding hydrogens is 608 g/mol. The van der Waals surface area contributed by atoms with Gasteiger partial charge < -0.3 is 35.5 Å². The van der Waals surface area contributed by atoms with Gasteiger partial charge >= 0.3 is 7.12 Å². The van der Waals surface area contributed by atoms with Crippen LogP contribution in [-0.4, -0.2) is 67.1 Å². The number of halogens is 2. The predicted molar refractivity (Wildman–Crippen MR) is 170 cm³/mol. The van der Waals surface area contributed by atoms with E-state index in [9.17, 15) is 24.4 Å². The largest absolute Gasteiger partial charge is 0.497 e. The number of hydrogen-bond acceptors (Lipinski definition) is 7. The first-order valence-electron chi connectivity index (χ1n) is 13.9. The Balaban J connectivity index is 1.81. The van der Waals surface area contributed by atoms with Gasteiger partial charge in [0.1, 0.15) is 23.6 Å². The minimum Gasteiger partial charge on any atom is -0.497 e. The smallest absolute Gasteiger partial charge is 0.475 e. The Bertz CT molecular complexity index is 1420. The number of nitrogens with one attached hydrogen (secondary N) is 3. The van der Waals surface area contributed by atoms with Gasteiger partial charge in [0.2, 0.25) is 11.8 Å². The lowest BCUT2D eigenvalue weighted by atomic mass is 9.75. The molecule has 0 unspecified atom stereocenters. The summed E-state index contributed by atoms with van der Waals surface area (Å²) in [7, 11) is 1.21. The molecule has 0 fully saturated rings. The van der Waals surface area contributed by atoms with Crippen molar-refractivity contribution in [1.82, 2.24) is 16.0 Å². The van der Waals surface area contributed by atoms with Gasteiger partial charge in [-0.2, -0.15) is 0 Å². The van der Waals surface area contributed by atoms with E-state index in [-0.39, 0.29) is 23.4 Å². The van der Waals surface area contributed by atoms with E-state index in [1.54, 1.807) is 68.4 Å². The number of methoxy groups -OCH3 is 2. The maximum atomic E-state index is 13.7. The minimum absolute atomic E-state index is 0.0850. The van der Waals surface area contributed by atoms with Crippen molar-refractivity contribution in [3.63, 3.8) is 0 Å². The third-order valence-electron chi connectivity index (χ3n) is 6.94. The van der Waals surface area contributed by atoms with Crippen LogP contribution in [-0.2, 0) is 22.4 Å². The standard InChI is InChI=1S/C31H36BCl2N3O7/c1-18(2)28(31(40)36-27(32(41)42)16-20-7-12-23(44-4)13-8-20)37-30(39)26(15-19-5-10-22(43-3)11-6-19)35-29(38)24-17-21(33)9-14-25(24)34/h5-14,17-18,26-28,41-42H,15-16H2,1-4H3,(H,35,38)(H,36,40)(H,37,39)/t26-,27+,28-/m0/s1. The normalized spacial score (nSPS) is 12.9. The van der Waals surface area contributed by atoms with Crippen molar-refractivity contribution < 1.29 is 33.9 Å². The van der Waals surface area contributed by atoms with Crippen LogP contribution in [0, 0.1) is 5.92 Å². The van der Waals surface area contributed by atoms with Gasteiger partial charge in [-0.05, 0) is 65.9 Å². The third kappa shape index (κ3) is 9.88. The van der Waals surface area contributed by atoms with E-state index in [4.69, 9.17) is 32.7 Å². The van der Waals surface area contributed by atoms with Crippen LogP contribution in [0.4, 0.5) is 0 Å². The molecule has 5 N–H and O–H groups in total. The van der Waals surface area contributed by atoms with E-state index in [1.807, 2.05) is 0 Å². The Labute approximate surface area is 267 Å². The minimum atomic E-state index is -1.87. The summed E-state index contributed by atoms with van der Waals surface area (Å²) < 4.78 is 10.4. The highest BCUT2D eigenvalue weighted by molar-refractivity contribution is 6.43. The van der Waals surface area contributed by atoms with E-state index in [0.717, 1.165) is 11.1 Å². The van der Waals surface area contributed by atoms with Gasteiger partial charge in [-0.25, -0.2) is 0 Å². The zero-order chi connectivity index (χ0) is 32.4. The lowest BCUT2D eigenvalue weighted by Gasteiger charge is -2.27. The number of hydrogen-bond donors (Lipinski definition) is 5. The lowest BCUT2D eigenvalue weighted by Crippen LogP contribution is -2.59. The molecule has 0 spiro atoms. The van der Waals surface area contributed by atoms with Crippen LogP contribution in [0.25, 0.3) is 0 Å². The Kier molecular flexibility index (Phi) is 12.9. The van der Waals surface area contributed by atoms with E-state index >= 15 is 0 Å². The molecule has 3 aromatic carbocycles. The monoisotopic (exact) mass is 643 g/mol. The van der Waals surface area contributed by atoms with E-state index in [2.05, 4.69) is 16.0 Å². The fraction of sp³-hybridized carbons (Fsp3) is 0.323. The second kappa shape index (κ2) is 16.3. The summed E-state index contributed by atoms with van der Waals surface area (Å²) in [6.07, 6.45) is 0.199. The third-order valence-corrected chi connectivity index (χ3v) is 7.51. The number of benzene rings is 3. The molecule has 10 nitrogen and oxygen atoms in total. The van der Waals surface area contributed by atoms with Crippen LogP contribution in [0.15, 0.2) is 66.7 Å². The molecule has 234 valence electrons. The molecule has 13 heteroatoms. The maximum absolute atomic E-state index is 13.7. The Hall–Kier alpha value is -3.77. The molecule has 3 atom stereocenters. The van der Waals surface area contributed by atoms with Crippen molar-refractivity contribution in [3.8, 4) is 11.5 Å². The van der Waals surface area contributed by atoms with Crippen molar-refractivity contribution >= 4 is 48.0 Å². The van der Waals surface area contributed by atoms with Crippen LogP contribution in [0.5, 0.6) is 11.5 Å². The summed E-state index contributed by atoms with van der Waals surface area (Å²) in [6.45, 7) is 3.47. The van der Waals surface area contributed by atoms with Gasteiger partial charge in [0, 0.05) is 11.4 Å². The molecule has 0 aliphatic rings. The van der Waals surface area contributed by atoms with Gasteiger partial charge in [-0.3, -0.25) is 14.4 Å². The molecule has 44 heavy (non-hydrogen) atoms. The molecule has 3 aromatic rings. The van der Waals surface area contributed by atoms with E-state index < -0.39 is 48.8 Å². The molecule has 3 amide bonds. The van der Waals surface area contributed by atoms with Crippen molar-refractivity contribution in [2.45, 2.75) is 44.7 Å². The van der Waals surface area contributed by atoms with Crippen molar-refractivity contribution in [2.75, 3.05) is 14.2 Å². The second-order valence-electron chi connectivity index (χ2n) is 10.5. The van der Waals surface area contributed by atoms with Gasteiger partial charge in [-0.1, -0.05) is 61.3 Å². The van der Waals surface area contributed by atoms with E-state index in [0.29, 0.717) is 16.5 Å². The van der Waals surface area contributed by atoms with Crippen LogP contribution in [0.1, 0.15) is 35.3 Å². The highest BCUT2D eigenvalue weighted by Gasteiger charge is 2.33. The average molecular weight is 644 g/mol. The first-order chi connectivity index (χ1) is 20.9. The maximum Gasteiger partial charge on any atom is 0.475 e. The molecule has 0 saturated heterocycles. The summed E-state index contributed by atoms with van der Waals surface area (Å²) in [4.78, 5) is 40.3. The number of rotatable bonds is 14. The SMILES string of the molecule is COc1ccc(C[C@H](NC(=O)c2cc(Cl)ccc2Cl)C(=O)N[C@H](C(=O)N[C@H](Cc2ccc(OC)cc2)B(O)O)C(C)C)cc1. The summed E-state index contributed by atoms with van der Waals surface area (Å²) >= 11 is 12.3. The van der Waals surface area contributed by atoms with Crippen molar-refractivity contribution in [1.29, 1.82) is 0 Å². The zero-order valence-corrected chi connectivity index (χ0v) is 26.4. The number of amides is 3. The second-order valence-corrected chi connectivity index (χ2v) is 11.4. The van der Waals surface area contributed by atoms with Crippen molar-refractivity contribution in [3.05, 3.63) is 93.5 Å². The Morgan fingerprint density at radius 1 is 0.773 bits per heavy atom. The predicted octanol–water partition coefficient (Wildman–Crippen LogP) is 3.23. The van der Waals surface area contributed by atoms with Crippen LogP contribution in [0.3, 0.4) is 0 Å². The molecule has 0 heterocycles. The summed E-state index contributed by atoms with van der Waals surface area (Å²) in [5.41, 5.74) is 1.54. The fourth-order valence-corrected chi connectivity index (χ4v) is 4.80. The molecule has 3 rings (SSSR count). The van der Waals surface area contributed by atoms with Crippen LogP contribution < -0.4 is 25.4 Å². The summed E-state index contributed by atoms with van der Waals surface area (Å²) in [5, 5.41) is 28.6. The quantitative estimate of drug-likeness (QED) is 0.170. The average Bonchev–Trinajstić information content (AvgIpc) is 3.00. The van der Waals surface area contributed by atoms with E-state index in [1.165, 1.54) is 26.4 Å². The molecular formula is C31H36BCl2N3O7.